The number of non-ortho nitro benzene ring substituents is 2. The number of amides is 4. The van der Waals surface area contributed by atoms with Crippen LogP contribution in [0.5, 0.6) is 0 Å². The van der Waals surface area contributed by atoms with Crippen molar-refractivity contribution in [3.05, 3.63) is 68.8 Å². The lowest BCUT2D eigenvalue weighted by Gasteiger charge is -2.16. The molecule has 0 aliphatic heterocycles. The summed E-state index contributed by atoms with van der Waals surface area (Å²) in [5.74, 6) is 5.41. The lowest BCUT2D eigenvalue weighted by Crippen LogP contribution is -2.47. The van der Waals surface area contributed by atoms with E-state index in [0.29, 0.717) is 0 Å². The van der Waals surface area contributed by atoms with Gasteiger partial charge < -0.3 is 10.6 Å². The van der Waals surface area contributed by atoms with Crippen LogP contribution in [-0.4, -0.2) is 26.9 Å². The van der Waals surface area contributed by atoms with Crippen molar-refractivity contribution in [2.45, 2.75) is 0 Å². The first-order chi connectivity index (χ1) is 12.3. The van der Waals surface area contributed by atoms with Crippen molar-refractivity contribution in [3.63, 3.8) is 0 Å². The summed E-state index contributed by atoms with van der Waals surface area (Å²) in [5.41, 5.74) is 0.0606. The number of carbonyl (C=O) groups excluding carboxylic acids is 2. The lowest BCUT2D eigenvalue weighted by molar-refractivity contribution is -0.385. The molecule has 134 valence electrons. The van der Waals surface area contributed by atoms with Crippen molar-refractivity contribution >= 4 is 34.8 Å². The molecule has 4 amide bonds. The van der Waals surface area contributed by atoms with Gasteiger partial charge in [-0.3, -0.25) is 20.2 Å². The van der Waals surface area contributed by atoms with Crippen LogP contribution in [-0.2, 0) is 0 Å². The number of nitro benzene ring substituents is 2. The van der Waals surface area contributed by atoms with Crippen LogP contribution < -0.4 is 16.5 Å². The Kier molecular flexibility index (Phi) is 5.40. The van der Waals surface area contributed by atoms with E-state index >= 15 is 0 Å². The Morgan fingerprint density at radius 1 is 0.769 bits per heavy atom. The SMILES string of the molecule is NN(C(=O)Nc1ccc([N+](=O)[O-])cc1)C(=O)Nc1ccc([N+](=O)[O-])cc1. The van der Waals surface area contributed by atoms with Crippen LogP contribution in [0.3, 0.4) is 0 Å². The Hall–Kier alpha value is -4.06. The smallest absolute Gasteiger partial charge is 0.306 e. The monoisotopic (exact) mass is 360 g/mol. The van der Waals surface area contributed by atoms with Crippen LogP contribution in [0, 0.1) is 20.2 Å². The van der Waals surface area contributed by atoms with Crippen LogP contribution in [0.1, 0.15) is 0 Å². The largest absolute Gasteiger partial charge is 0.344 e. The Labute approximate surface area is 145 Å². The number of anilines is 2. The second kappa shape index (κ2) is 7.67. The van der Waals surface area contributed by atoms with Gasteiger partial charge in [0.15, 0.2) is 0 Å². The van der Waals surface area contributed by atoms with Crippen molar-refractivity contribution in [2.75, 3.05) is 10.6 Å². The molecule has 0 saturated heterocycles. The van der Waals surface area contributed by atoms with Crippen molar-refractivity contribution < 1.29 is 19.4 Å². The van der Waals surface area contributed by atoms with Gasteiger partial charge in [-0.05, 0) is 24.3 Å². The van der Waals surface area contributed by atoms with E-state index in [1.807, 2.05) is 0 Å². The highest BCUT2D eigenvalue weighted by molar-refractivity contribution is 6.04. The molecule has 0 saturated carbocycles. The van der Waals surface area contributed by atoms with Crippen molar-refractivity contribution in [1.82, 2.24) is 5.01 Å². The number of benzene rings is 2. The number of imide groups is 1. The van der Waals surface area contributed by atoms with Gasteiger partial charge in [0.25, 0.3) is 11.4 Å². The highest BCUT2D eigenvalue weighted by Gasteiger charge is 2.18. The quantitative estimate of drug-likeness (QED) is 0.325. The van der Waals surface area contributed by atoms with Gasteiger partial charge in [0, 0.05) is 35.6 Å². The number of carbonyl (C=O) groups is 2. The fourth-order valence-corrected chi connectivity index (χ4v) is 1.79. The van der Waals surface area contributed by atoms with E-state index in [1.54, 1.807) is 0 Å². The molecule has 2 aromatic rings. The topological polar surface area (TPSA) is 174 Å². The summed E-state index contributed by atoms with van der Waals surface area (Å²) >= 11 is 0. The number of hydrazine groups is 1. The van der Waals surface area contributed by atoms with E-state index in [4.69, 9.17) is 5.84 Å². The van der Waals surface area contributed by atoms with Crippen molar-refractivity contribution in [3.8, 4) is 0 Å². The third-order valence-electron chi connectivity index (χ3n) is 3.10. The minimum atomic E-state index is -0.988. The standard InChI is InChI=1S/C14H12N6O6/c15-18(13(21)16-9-1-5-11(6-2-9)19(23)24)14(22)17-10-3-7-12(8-4-10)20(25)26/h1-8H,15H2,(H,16,21)(H,17,22). The zero-order valence-corrected chi connectivity index (χ0v) is 13.0. The van der Waals surface area contributed by atoms with Crippen molar-refractivity contribution in [2.24, 2.45) is 5.84 Å². The van der Waals surface area contributed by atoms with E-state index in [2.05, 4.69) is 10.6 Å². The van der Waals surface area contributed by atoms with Gasteiger partial charge in [-0.25, -0.2) is 15.4 Å². The molecule has 0 heterocycles. The first kappa shape index (κ1) is 18.3. The zero-order chi connectivity index (χ0) is 19.3. The normalized spacial score (nSPS) is 9.88. The van der Waals surface area contributed by atoms with E-state index in [1.165, 1.54) is 48.5 Å². The molecule has 2 aromatic carbocycles. The van der Waals surface area contributed by atoms with Crippen LogP contribution in [0.25, 0.3) is 0 Å². The molecule has 0 aromatic heterocycles. The second-order valence-corrected chi connectivity index (χ2v) is 4.84. The number of nitro groups is 2. The maximum Gasteiger partial charge on any atom is 0.344 e. The first-order valence-electron chi connectivity index (χ1n) is 6.93. The molecule has 0 spiro atoms. The Morgan fingerprint density at radius 3 is 1.35 bits per heavy atom. The van der Waals surface area contributed by atoms with Crippen LogP contribution in [0.2, 0.25) is 0 Å². The molecule has 0 fully saturated rings. The summed E-state index contributed by atoms with van der Waals surface area (Å²) in [6.07, 6.45) is 0. The molecular weight excluding hydrogens is 348 g/mol. The Morgan fingerprint density at radius 2 is 1.08 bits per heavy atom. The minimum Gasteiger partial charge on any atom is -0.306 e. The summed E-state index contributed by atoms with van der Waals surface area (Å²) in [7, 11) is 0. The number of urea groups is 2. The second-order valence-electron chi connectivity index (χ2n) is 4.84. The van der Waals surface area contributed by atoms with Gasteiger partial charge in [0.05, 0.1) is 9.85 Å². The highest BCUT2D eigenvalue weighted by atomic mass is 16.6. The van der Waals surface area contributed by atoms with E-state index < -0.39 is 21.9 Å². The van der Waals surface area contributed by atoms with Gasteiger partial charge in [-0.2, -0.15) is 5.01 Å². The summed E-state index contributed by atoms with van der Waals surface area (Å²) in [5, 5.41) is 26.0. The van der Waals surface area contributed by atoms with Gasteiger partial charge in [-0.1, -0.05) is 0 Å². The molecule has 0 radical (unpaired) electrons. The minimum absolute atomic E-state index is 0.163. The van der Waals surface area contributed by atoms with E-state index in [0.717, 1.165) is 0 Å². The number of nitrogens with two attached hydrogens (primary N) is 1. The number of rotatable bonds is 4. The molecule has 0 aliphatic carbocycles. The lowest BCUT2D eigenvalue weighted by atomic mass is 10.3. The van der Waals surface area contributed by atoms with Gasteiger partial charge in [0.1, 0.15) is 0 Å². The van der Waals surface area contributed by atoms with E-state index in [9.17, 15) is 29.8 Å². The number of hydrogen-bond donors (Lipinski definition) is 3. The average Bonchev–Trinajstić information content (AvgIpc) is 2.61. The Bertz CT molecular complexity index is 780. The van der Waals surface area contributed by atoms with Crippen LogP contribution >= 0.6 is 0 Å². The van der Waals surface area contributed by atoms with Crippen LogP contribution in [0.4, 0.5) is 32.3 Å². The summed E-state index contributed by atoms with van der Waals surface area (Å²) in [6, 6.07) is 7.82. The summed E-state index contributed by atoms with van der Waals surface area (Å²) in [4.78, 5) is 43.8. The molecule has 0 aliphatic rings. The van der Waals surface area contributed by atoms with Crippen LogP contribution in [0.15, 0.2) is 48.5 Å². The third-order valence-corrected chi connectivity index (χ3v) is 3.10. The third kappa shape index (κ3) is 4.48. The van der Waals surface area contributed by atoms with Gasteiger partial charge in [-0.15, -0.1) is 0 Å². The maximum atomic E-state index is 11.9. The van der Waals surface area contributed by atoms with E-state index in [-0.39, 0.29) is 27.8 Å². The molecular formula is C14H12N6O6. The molecule has 12 nitrogen and oxygen atoms in total. The fourth-order valence-electron chi connectivity index (χ4n) is 1.79. The van der Waals surface area contributed by atoms with Crippen molar-refractivity contribution in [1.29, 1.82) is 0 Å². The highest BCUT2D eigenvalue weighted by Crippen LogP contribution is 2.17. The predicted molar refractivity (Wildman–Crippen MR) is 90.3 cm³/mol. The summed E-state index contributed by atoms with van der Waals surface area (Å²) in [6.45, 7) is 0. The molecule has 4 N–H and O–H groups in total. The summed E-state index contributed by atoms with van der Waals surface area (Å²) < 4.78 is 0. The molecule has 26 heavy (non-hydrogen) atoms. The predicted octanol–water partition coefficient (Wildman–Crippen LogP) is 2.44. The molecule has 0 atom stereocenters. The molecule has 12 heteroatoms. The maximum absolute atomic E-state index is 11.9. The molecule has 2 rings (SSSR count). The van der Waals surface area contributed by atoms with Gasteiger partial charge in [0.2, 0.25) is 0 Å². The zero-order valence-electron chi connectivity index (χ0n) is 13.0. The number of hydrogen-bond acceptors (Lipinski definition) is 7. The first-order valence-corrected chi connectivity index (χ1v) is 6.93. The average molecular weight is 360 g/mol. The Balaban J connectivity index is 1.97. The number of nitrogens with zero attached hydrogens (tertiary/aromatic N) is 3. The molecule has 0 unspecified atom stereocenters. The fraction of sp³-hybridized carbons (Fsp3) is 0. The van der Waals surface area contributed by atoms with Gasteiger partial charge >= 0.3 is 12.1 Å². The number of nitrogens with one attached hydrogen (secondary N) is 2. The molecule has 0 bridgehead atoms.